The number of primary amides is 1. The van der Waals surface area contributed by atoms with Crippen molar-refractivity contribution in [3.63, 3.8) is 0 Å². The summed E-state index contributed by atoms with van der Waals surface area (Å²) in [5, 5.41) is 10.6. The number of aliphatic carboxylic acids is 1. The second-order valence-corrected chi connectivity index (χ2v) is 8.10. The molecule has 4 N–H and O–H groups in total. The maximum Gasteiger partial charge on any atom is 0.460 e. The van der Waals surface area contributed by atoms with Crippen molar-refractivity contribution in [2.45, 2.75) is 67.7 Å². The van der Waals surface area contributed by atoms with Crippen molar-refractivity contribution < 1.29 is 81.3 Å². The Morgan fingerprint density at radius 2 is 1.23 bits per heavy atom. The molecule has 1 rings (SSSR count). The number of carboxylic acid groups (broad SMARTS) is 1. The van der Waals surface area contributed by atoms with Gasteiger partial charge in [0, 0.05) is 6.42 Å². The van der Waals surface area contributed by atoms with Crippen LogP contribution in [0.5, 0.6) is 0 Å². The summed E-state index contributed by atoms with van der Waals surface area (Å²) in [6.07, 6.45) is -13.3. The van der Waals surface area contributed by atoms with E-state index >= 15 is 0 Å². The lowest BCUT2D eigenvalue weighted by atomic mass is 9.91. The Morgan fingerprint density at radius 3 is 1.65 bits per heavy atom. The van der Waals surface area contributed by atoms with Gasteiger partial charge in [0.1, 0.15) is 12.6 Å². The Balaban J connectivity index is 2.91. The first-order valence-corrected chi connectivity index (χ1v) is 10.3. The van der Waals surface area contributed by atoms with Crippen LogP contribution in [0.4, 0.5) is 61.9 Å². The molecule has 0 fully saturated rings. The van der Waals surface area contributed by atoms with Crippen LogP contribution in [-0.2, 0) is 27.4 Å². The van der Waals surface area contributed by atoms with Gasteiger partial charge in [-0.05, 0) is 17.5 Å². The molecule has 7 nitrogen and oxygen atoms in total. The minimum Gasteiger partial charge on any atom is -0.480 e. The van der Waals surface area contributed by atoms with Gasteiger partial charge in [-0.25, -0.2) is 9.59 Å². The Hall–Kier alpha value is -3.48. The van der Waals surface area contributed by atoms with Gasteiger partial charge < -0.3 is 20.9 Å². The van der Waals surface area contributed by atoms with E-state index in [9.17, 15) is 71.5 Å². The number of halogens is 13. The maximum atomic E-state index is 13.9. The number of nitrogens with two attached hydrogens (primary N) is 1. The smallest absolute Gasteiger partial charge is 0.460 e. The largest absolute Gasteiger partial charge is 0.480 e. The van der Waals surface area contributed by atoms with Crippen LogP contribution >= 0.6 is 0 Å². The summed E-state index contributed by atoms with van der Waals surface area (Å²) in [5.41, 5.74) is 4.48. The Morgan fingerprint density at radius 1 is 0.775 bits per heavy atom. The third-order valence-corrected chi connectivity index (χ3v) is 5.11. The predicted octanol–water partition coefficient (Wildman–Crippen LogP) is 4.91. The summed E-state index contributed by atoms with van der Waals surface area (Å²) in [4.78, 5) is 33.3. The van der Waals surface area contributed by atoms with Crippen LogP contribution in [0.2, 0.25) is 0 Å². The van der Waals surface area contributed by atoms with Gasteiger partial charge in [-0.15, -0.1) is 0 Å². The van der Waals surface area contributed by atoms with Crippen LogP contribution in [0.3, 0.4) is 0 Å². The molecule has 0 aromatic heterocycles. The molecule has 1 aromatic rings. The zero-order valence-electron chi connectivity index (χ0n) is 19.3. The molecule has 0 aliphatic heterocycles. The highest BCUT2D eigenvalue weighted by Gasteiger charge is 2.90. The molecule has 0 saturated carbocycles. The van der Waals surface area contributed by atoms with E-state index < -0.39 is 85.7 Å². The van der Waals surface area contributed by atoms with Gasteiger partial charge in [-0.1, -0.05) is 24.3 Å². The third-order valence-electron chi connectivity index (χ3n) is 5.11. The third kappa shape index (κ3) is 6.98. The fourth-order valence-corrected chi connectivity index (χ4v) is 2.80. The van der Waals surface area contributed by atoms with Crippen LogP contribution in [-0.4, -0.2) is 64.9 Å². The average Bonchev–Trinajstić information content (AvgIpc) is 2.80. The maximum absolute atomic E-state index is 13.9. The molecule has 0 radical (unpaired) electrons. The molecule has 0 unspecified atom stereocenters. The zero-order chi connectivity index (χ0) is 31.5. The second-order valence-electron chi connectivity index (χ2n) is 8.10. The van der Waals surface area contributed by atoms with Crippen LogP contribution in [0.25, 0.3) is 0 Å². The molecule has 0 bridgehead atoms. The van der Waals surface area contributed by atoms with E-state index in [1.165, 1.54) is 0 Å². The number of alkyl carbamates (subject to hydrolysis) is 1. The van der Waals surface area contributed by atoms with E-state index in [0.29, 0.717) is 0 Å². The molecule has 0 spiro atoms. The lowest BCUT2D eigenvalue weighted by molar-refractivity contribution is -0.440. The normalized spacial score (nSPS) is 14.4. The van der Waals surface area contributed by atoms with Crippen molar-refractivity contribution in [1.82, 2.24) is 5.32 Å². The van der Waals surface area contributed by atoms with E-state index in [2.05, 4.69) is 4.74 Å². The number of carboxylic acids is 1. The number of rotatable bonds is 13. The lowest BCUT2D eigenvalue weighted by Crippen LogP contribution is -2.70. The van der Waals surface area contributed by atoms with Gasteiger partial charge in [0.2, 0.25) is 5.91 Å². The van der Waals surface area contributed by atoms with E-state index in [1.807, 2.05) is 0 Å². The number of ether oxygens (including phenoxy) is 1. The van der Waals surface area contributed by atoms with E-state index in [-0.39, 0.29) is 11.1 Å². The summed E-state index contributed by atoms with van der Waals surface area (Å²) in [6, 6.07) is 1.96. The highest BCUT2D eigenvalue weighted by atomic mass is 19.4. The number of nitrogens with one attached hydrogen (secondary N) is 1. The van der Waals surface area contributed by atoms with Gasteiger partial charge in [-0.3, -0.25) is 4.79 Å². The molecule has 0 aliphatic carbocycles. The lowest BCUT2D eigenvalue weighted by Gasteiger charge is -2.39. The van der Waals surface area contributed by atoms with Crippen molar-refractivity contribution in [1.29, 1.82) is 0 Å². The van der Waals surface area contributed by atoms with Crippen LogP contribution in [0.15, 0.2) is 24.3 Å². The van der Waals surface area contributed by atoms with Gasteiger partial charge in [-0.2, -0.15) is 57.1 Å². The van der Waals surface area contributed by atoms with Crippen molar-refractivity contribution in [2.75, 3.05) is 0 Å². The fraction of sp³-hybridized carbons (Fsp3) is 0.550. The molecule has 0 heterocycles. The predicted molar refractivity (Wildman–Crippen MR) is 104 cm³/mol. The van der Waals surface area contributed by atoms with Crippen molar-refractivity contribution in [2.24, 2.45) is 5.73 Å². The number of benzene rings is 1. The van der Waals surface area contributed by atoms with Crippen molar-refractivity contribution >= 4 is 18.0 Å². The van der Waals surface area contributed by atoms with Gasteiger partial charge in [0.05, 0.1) is 6.42 Å². The molecule has 0 aliphatic rings. The summed E-state index contributed by atoms with van der Waals surface area (Å²) in [7, 11) is 0. The number of amides is 2. The summed E-state index contributed by atoms with van der Waals surface area (Å²) in [5.74, 6) is -39.9. The molecular weight excluding hydrogens is 595 g/mol. The highest BCUT2D eigenvalue weighted by molar-refractivity contribution is 5.86. The first kappa shape index (κ1) is 34.5. The van der Waals surface area contributed by atoms with Gasteiger partial charge in [0.15, 0.2) is 0 Å². The van der Waals surface area contributed by atoms with Crippen molar-refractivity contribution in [3.05, 3.63) is 35.4 Å². The molecule has 1 aromatic carbocycles. The van der Waals surface area contributed by atoms with Crippen LogP contribution in [0, 0.1) is 0 Å². The second kappa shape index (κ2) is 11.6. The molecule has 2 amide bonds. The molecule has 0 saturated heterocycles. The first-order valence-electron chi connectivity index (χ1n) is 10.3. The number of hydrogen-bond donors (Lipinski definition) is 3. The summed E-state index contributed by atoms with van der Waals surface area (Å²) >= 11 is 0. The average molecular weight is 612 g/mol. The minimum absolute atomic E-state index is 0.0401. The summed E-state index contributed by atoms with van der Waals surface area (Å²) in [6.45, 7) is -0.627. The number of alkyl halides is 13. The van der Waals surface area contributed by atoms with E-state index in [4.69, 9.17) is 10.8 Å². The number of aryl methyl sites for hydroxylation is 1. The SMILES string of the molecule is NC(=O)C[C@@H](NC(=O)OCc1ccc(CCC(F)(F)C(F)(F)C(F)(F)C(F)(F)C(F)(F)C(F)(F)F)cc1)C(=O)O. The molecule has 1 atom stereocenters. The zero-order valence-corrected chi connectivity index (χ0v) is 19.3. The Bertz CT molecular complexity index is 1080. The molecular formula is C20H17F13N2O5. The highest BCUT2D eigenvalue weighted by Crippen LogP contribution is 2.60. The fourth-order valence-electron chi connectivity index (χ4n) is 2.80. The quantitative estimate of drug-likeness (QED) is 0.274. The number of hydrogen-bond acceptors (Lipinski definition) is 4. The van der Waals surface area contributed by atoms with E-state index in [1.54, 1.807) is 5.32 Å². The minimum atomic E-state index is -7.97. The topological polar surface area (TPSA) is 119 Å². The molecule has 228 valence electrons. The molecule has 20 heteroatoms. The van der Waals surface area contributed by atoms with Crippen LogP contribution in [0.1, 0.15) is 24.0 Å². The standard InChI is InChI=1S/C20H17F13N2O5/c21-15(22,16(23,24)17(25,26)18(27,28)19(29,30)20(31,32)33)6-5-9-1-3-10(4-2-9)8-40-14(39)35-11(13(37)38)7-12(34)36/h1-4,11H,5-8H2,(H2,34,36)(H,35,39)(H,37,38)/t11-/m1/s1. The number of carbonyl (C=O) groups excluding carboxylic acids is 2. The Labute approximate surface area is 214 Å². The van der Waals surface area contributed by atoms with Gasteiger partial charge in [0.25, 0.3) is 0 Å². The summed E-state index contributed by atoms with van der Waals surface area (Å²) < 4.78 is 176. The van der Waals surface area contributed by atoms with E-state index in [0.717, 1.165) is 24.3 Å². The first-order chi connectivity index (χ1) is 17.8. The van der Waals surface area contributed by atoms with Crippen molar-refractivity contribution in [3.8, 4) is 0 Å². The number of carbonyl (C=O) groups is 3. The monoisotopic (exact) mass is 612 g/mol. The molecule has 40 heavy (non-hydrogen) atoms. The van der Waals surface area contributed by atoms with Crippen LogP contribution < -0.4 is 11.1 Å². The Kier molecular flexibility index (Phi) is 9.98. The van der Waals surface area contributed by atoms with Gasteiger partial charge >= 0.3 is 47.9 Å².